The van der Waals surface area contributed by atoms with E-state index in [-0.39, 0.29) is 5.69 Å². The molecule has 15 heteroatoms. The van der Waals surface area contributed by atoms with Crippen LogP contribution in [0.1, 0.15) is 28.7 Å². The zero-order chi connectivity index (χ0) is 23.0. The molecule has 0 saturated carbocycles. The number of benzene rings is 1. The second-order valence-electron chi connectivity index (χ2n) is 6.07. The highest BCUT2D eigenvalue weighted by molar-refractivity contribution is 6.58. The first-order valence-corrected chi connectivity index (χ1v) is 7.99. The number of aromatic nitrogens is 2. The van der Waals surface area contributed by atoms with E-state index < -0.39 is 65.5 Å². The fourth-order valence-corrected chi connectivity index (χ4v) is 2.27. The number of ether oxygens (including phenoxy) is 1. The quantitative estimate of drug-likeness (QED) is 0.419. The first-order chi connectivity index (χ1) is 13.6. The third-order valence-electron chi connectivity index (χ3n) is 3.84. The normalized spacial score (nSPS) is 13.2. The van der Waals surface area contributed by atoms with Gasteiger partial charge in [-0.15, -0.1) is 0 Å². The van der Waals surface area contributed by atoms with Crippen LogP contribution in [0.3, 0.4) is 0 Å². The monoisotopic (exact) mass is 443 g/mol. The van der Waals surface area contributed by atoms with Gasteiger partial charge in [-0.3, -0.25) is 9.89 Å². The van der Waals surface area contributed by atoms with Gasteiger partial charge in [0.2, 0.25) is 0 Å². The molecule has 0 saturated heterocycles. The number of rotatable bonds is 5. The van der Waals surface area contributed by atoms with Gasteiger partial charge in [0.1, 0.15) is 11.6 Å². The Bertz CT molecular complexity index is 944. The molecular formula is C15H13BF7N3O4. The predicted octanol–water partition coefficient (Wildman–Crippen LogP) is 2.14. The summed E-state index contributed by atoms with van der Waals surface area (Å²) in [5.74, 6) is -3.80. The number of amides is 1. The van der Waals surface area contributed by atoms with E-state index in [0.29, 0.717) is 19.1 Å². The summed E-state index contributed by atoms with van der Waals surface area (Å²) in [7, 11) is -2.46. The lowest BCUT2D eigenvalue weighted by atomic mass is 9.79. The molecule has 1 unspecified atom stereocenters. The number of carbonyl (C=O) groups excluding carboxylic acids is 1. The maximum atomic E-state index is 14.1. The Morgan fingerprint density at radius 1 is 1.23 bits per heavy atom. The van der Waals surface area contributed by atoms with Crippen molar-refractivity contribution >= 4 is 24.2 Å². The predicted molar refractivity (Wildman–Crippen MR) is 88.7 cm³/mol. The number of hydrogen-bond acceptors (Lipinski definition) is 5. The molecule has 30 heavy (non-hydrogen) atoms. The van der Waals surface area contributed by atoms with Crippen LogP contribution in [-0.2, 0) is 6.18 Å². The van der Waals surface area contributed by atoms with E-state index in [4.69, 9.17) is 10.0 Å². The molecule has 2 aromatic rings. The second kappa shape index (κ2) is 8.14. The molecule has 7 nitrogen and oxygen atoms in total. The highest BCUT2D eigenvalue weighted by Crippen LogP contribution is 2.35. The topological polar surface area (TPSA) is 107 Å². The van der Waals surface area contributed by atoms with E-state index in [9.17, 15) is 35.5 Å². The van der Waals surface area contributed by atoms with Gasteiger partial charge in [0.25, 0.3) is 5.91 Å². The molecule has 0 spiro atoms. The smallest absolute Gasteiger partial charge is 0.480 e. The number of nitrogens with one attached hydrogen (secondary N) is 2. The van der Waals surface area contributed by atoms with E-state index in [2.05, 4.69) is 9.84 Å². The van der Waals surface area contributed by atoms with Crippen molar-refractivity contribution in [3.8, 4) is 5.75 Å². The molecule has 0 bridgehead atoms. The third kappa shape index (κ3) is 5.02. The van der Waals surface area contributed by atoms with Gasteiger partial charge in [-0.05, 0) is 26.0 Å². The standard InChI is InChI=1S/C15H13BF7N3O4/c1-5-11(12(26-25-5)15(21,22)23)24-13(27)7-3-9(17)8(16(28)29)4-10(7)30-6(2)14(18,19)20/h3-4,6,28-29H,1-2H3,(H,24,27)(H,25,26). The minimum Gasteiger partial charge on any atom is -0.480 e. The lowest BCUT2D eigenvalue weighted by Gasteiger charge is -2.20. The molecule has 1 atom stereocenters. The van der Waals surface area contributed by atoms with Crippen LogP contribution in [-0.4, -0.2) is 45.6 Å². The summed E-state index contributed by atoms with van der Waals surface area (Å²) in [5, 5.41) is 25.1. The summed E-state index contributed by atoms with van der Waals surface area (Å²) < 4.78 is 96.1. The maximum Gasteiger partial charge on any atom is 0.491 e. The molecule has 4 N–H and O–H groups in total. The number of aryl methyl sites for hydroxylation is 1. The van der Waals surface area contributed by atoms with Gasteiger partial charge in [0.05, 0.1) is 16.9 Å². The molecule has 1 heterocycles. The van der Waals surface area contributed by atoms with Gasteiger partial charge >= 0.3 is 19.5 Å². The van der Waals surface area contributed by atoms with Gasteiger partial charge in [-0.25, -0.2) is 4.39 Å². The summed E-state index contributed by atoms with van der Waals surface area (Å²) in [6.45, 7) is 1.69. The van der Waals surface area contributed by atoms with Crippen LogP contribution in [0.25, 0.3) is 0 Å². The van der Waals surface area contributed by atoms with Crippen LogP contribution < -0.4 is 15.5 Å². The van der Waals surface area contributed by atoms with Crippen LogP contribution in [0.2, 0.25) is 0 Å². The highest BCUT2D eigenvalue weighted by Gasteiger charge is 2.40. The number of nitrogens with zero attached hydrogens (tertiary/aromatic N) is 1. The second-order valence-corrected chi connectivity index (χ2v) is 6.07. The molecule has 164 valence electrons. The molecular weight excluding hydrogens is 430 g/mol. The Labute approximate surface area is 164 Å². The molecule has 0 aliphatic heterocycles. The molecule has 2 rings (SSSR count). The Hall–Kier alpha value is -2.81. The van der Waals surface area contributed by atoms with Gasteiger partial charge in [0.15, 0.2) is 11.8 Å². The van der Waals surface area contributed by atoms with E-state index in [1.807, 2.05) is 5.10 Å². The Kier molecular flexibility index (Phi) is 6.37. The Balaban J connectivity index is 2.51. The van der Waals surface area contributed by atoms with Crippen molar-refractivity contribution in [2.45, 2.75) is 32.3 Å². The van der Waals surface area contributed by atoms with E-state index in [0.717, 1.165) is 6.92 Å². The van der Waals surface area contributed by atoms with Gasteiger partial charge in [-0.1, -0.05) is 0 Å². The molecule has 0 aliphatic rings. The van der Waals surface area contributed by atoms with Crippen LogP contribution in [0.5, 0.6) is 5.75 Å². The summed E-state index contributed by atoms with van der Waals surface area (Å²) in [6, 6.07) is 0.745. The van der Waals surface area contributed by atoms with Crippen molar-refractivity contribution in [3.05, 3.63) is 34.9 Å². The Morgan fingerprint density at radius 2 is 1.83 bits per heavy atom. The highest BCUT2D eigenvalue weighted by atomic mass is 19.4. The summed E-state index contributed by atoms with van der Waals surface area (Å²) >= 11 is 0. The third-order valence-corrected chi connectivity index (χ3v) is 3.84. The molecule has 1 aromatic heterocycles. The summed E-state index contributed by atoms with van der Waals surface area (Å²) in [6.07, 6.45) is -12.4. The molecule has 0 fully saturated rings. The molecule has 1 amide bonds. The number of anilines is 1. The summed E-state index contributed by atoms with van der Waals surface area (Å²) in [4.78, 5) is 12.5. The van der Waals surface area contributed by atoms with Crippen LogP contribution in [0, 0.1) is 12.7 Å². The number of alkyl halides is 6. The molecule has 1 aromatic carbocycles. The SMILES string of the molecule is Cc1[nH]nc(C(F)(F)F)c1NC(=O)c1cc(F)c(B(O)O)cc1OC(C)C(F)(F)F. The van der Waals surface area contributed by atoms with E-state index in [1.54, 1.807) is 5.32 Å². The average Bonchev–Trinajstić information content (AvgIpc) is 2.95. The van der Waals surface area contributed by atoms with Crippen molar-refractivity contribution in [1.29, 1.82) is 0 Å². The zero-order valence-corrected chi connectivity index (χ0v) is 15.1. The van der Waals surface area contributed by atoms with Gasteiger partial charge in [0, 0.05) is 5.46 Å². The largest absolute Gasteiger partial charge is 0.491 e. The lowest BCUT2D eigenvalue weighted by Crippen LogP contribution is -2.36. The minimum absolute atomic E-state index is 0.232. The van der Waals surface area contributed by atoms with E-state index in [1.165, 1.54) is 0 Å². The average molecular weight is 443 g/mol. The fourth-order valence-electron chi connectivity index (χ4n) is 2.27. The van der Waals surface area contributed by atoms with Crippen LogP contribution in [0.15, 0.2) is 12.1 Å². The van der Waals surface area contributed by atoms with Gasteiger partial charge < -0.3 is 20.1 Å². The molecule has 0 radical (unpaired) electrons. The minimum atomic E-state index is -4.98. The summed E-state index contributed by atoms with van der Waals surface area (Å²) in [5.41, 5.74) is -4.39. The van der Waals surface area contributed by atoms with Crippen LogP contribution in [0.4, 0.5) is 36.4 Å². The zero-order valence-electron chi connectivity index (χ0n) is 15.1. The van der Waals surface area contributed by atoms with Crippen molar-refractivity contribution in [2.75, 3.05) is 5.32 Å². The van der Waals surface area contributed by atoms with Crippen molar-refractivity contribution < 1.29 is 50.3 Å². The first kappa shape index (κ1) is 23.5. The number of carbonyl (C=O) groups is 1. The maximum absolute atomic E-state index is 14.1. The first-order valence-electron chi connectivity index (χ1n) is 7.99. The van der Waals surface area contributed by atoms with Crippen molar-refractivity contribution in [3.63, 3.8) is 0 Å². The van der Waals surface area contributed by atoms with Crippen molar-refractivity contribution in [2.24, 2.45) is 0 Å². The van der Waals surface area contributed by atoms with Gasteiger partial charge in [-0.2, -0.15) is 31.4 Å². The lowest BCUT2D eigenvalue weighted by molar-refractivity contribution is -0.189. The fraction of sp³-hybridized carbons (Fsp3) is 0.333. The molecule has 0 aliphatic carbocycles. The number of aromatic amines is 1. The van der Waals surface area contributed by atoms with E-state index >= 15 is 0 Å². The number of halogens is 7. The Morgan fingerprint density at radius 3 is 2.33 bits per heavy atom. The number of hydrogen-bond donors (Lipinski definition) is 4. The number of H-pyrrole nitrogens is 1. The van der Waals surface area contributed by atoms with Crippen molar-refractivity contribution in [1.82, 2.24) is 10.2 Å². The van der Waals surface area contributed by atoms with Crippen LogP contribution >= 0.6 is 0 Å².